The number of hydrazine groups is 1. The van der Waals surface area contributed by atoms with Gasteiger partial charge in [-0.15, -0.1) is 0 Å². The molecule has 0 aromatic heterocycles. The Balaban J connectivity index is 2.03. The van der Waals surface area contributed by atoms with Crippen molar-refractivity contribution in [3.8, 4) is 5.75 Å². The molecule has 0 radical (unpaired) electrons. The van der Waals surface area contributed by atoms with Gasteiger partial charge >= 0.3 is 0 Å². The summed E-state index contributed by atoms with van der Waals surface area (Å²) in [5.74, 6) is -0.182. The Morgan fingerprint density at radius 3 is 2.17 bits per heavy atom. The molecule has 0 aliphatic rings. The van der Waals surface area contributed by atoms with Gasteiger partial charge in [0.15, 0.2) is 6.61 Å². The molecule has 0 unspecified atom stereocenters. The van der Waals surface area contributed by atoms with E-state index in [4.69, 9.17) is 4.74 Å². The molecule has 0 bridgehead atoms. The molecule has 2 aromatic carbocycles. The third-order valence-corrected chi connectivity index (χ3v) is 5.14. The zero-order chi connectivity index (χ0) is 21.8. The van der Waals surface area contributed by atoms with Crippen molar-refractivity contribution < 1.29 is 14.3 Å². The second kappa shape index (κ2) is 8.99. The molecule has 156 valence electrons. The summed E-state index contributed by atoms with van der Waals surface area (Å²) < 4.78 is 6.43. The number of hydrogen-bond acceptors (Lipinski definition) is 3. The van der Waals surface area contributed by atoms with Crippen molar-refractivity contribution in [3.05, 3.63) is 63.6 Å². The molecule has 6 heteroatoms. The van der Waals surface area contributed by atoms with Gasteiger partial charge in [0.1, 0.15) is 5.75 Å². The summed E-state index contributed by atoms with van der Waals surface area (Å²) in [7, 11) is 0. The first-order valence-corrected chi connectivity index (χ1v) is 10.3. The van der Waals surface area contributed by atoms with Crippen LogP contribution in [0.2, 0.25) is 0 Å². The van der Waals surface area contributed by atoms with Crippen molar-refractivity contribution in [2.45, 2.75) is 52.4 Å². The molecule has 0 aliphatic heterocycles. The Morgan fingerprint density at radius 2 is 1.59 bits per heavy atom. The van der Waals surface area contributed by atoms with Crippen LogP contribution in [-0.4, -0.2) is 18.4 Å². The fourth-order valence-corrected chi connectivity index (χ4v) is 3.19. The van der Waals surface area contributed by atoms with Gasteiger partial charge in [-0.1, -0.05) is 65.8 Å². The molecular formula is C23H29BrN2O3. The lowest BCUT2D eigenvalue weighted by atomic mass is 9.80. The van der Waals surface area contributed by atoms with E-state index in [2.05, 4.69) is 74.4 Å². The predicted octanol–water partition coefficient (Wildman–Crippen LogP) is 4.88. The summed E-state index contributed by atoms with van der Waals surface area (Å²) in [5.41, 5.74) is 7.35. The summed E-state index contributed by atoms with van der Waals surface area (Å²) in [5, 5.41) is 0. The summed E-state index contributed by atoms with van der Waals surface area (Å²) in [6.07, 6.45) is 0. The molecule has 2 rings (SSSR count). The molecule has 2 N–H and O–H groups in total. The SMILES string of the molecule is CC(C)(C)c1ccc(OCC(=O)NNC(=O)c2ccccc2Br)c(C(C)(C)C)c1. The van der Waals surface area contributed by atoms with E-state index in [0.29, 0.717) is 15.8 Å². The monoisotopic (exact) mass is 460 g/mol. The molecule has 29 heavy (non-hydrogen) atoms. The minimum Gasteiger partial charge on any atom is -0.483 e. The number of amides is 2. The van der Waals surface area contributed by atoms with Crippen molar-refractivity contribution in [2.75, 3.05) is 6.61 Å². The van der Waals surface area contributed by atoms with Gasteiger partial charge in [0.05, 0.1) is 5.56 Å². The van der Waals surface area contributed by atoms with E-state index in [-0.39, 0.29) is 17.4 Å². The maximum absolute atomic E-state index is 12.2. The van der Waals surface area contributed by atoms with Crippen LogP contribution in [0.4, 0.5) is 0 Å². The highest BCUT2D eigenvalue weighted by Crippen LogP contribution is 2.35. The van der Waals surface area contributed by atoms with E-state index in [1.165, 1.54) is 5.56 Å². The minimum atomic E-state index is -0.440. The second-order valence-corrected chi connectivity index (χ2v) is 9.84. The van der Waals surface area contributed by atoms with Gasteiger partial charge in [-0.2, -0.15) is 0 Å². The molecule has 0 fully saturated rings. The molecule has 0 atom stereocenters. The standard InChI is InChI=1S/C23H29BrN2O3/c1-22(2,3)15-11-12-19(17(13-15)23(4,5)6)29-14-20(27)25-26-21(28)16-9-7-8-10-18(16)24/h7-13H,14H2,1-6H3,(H,25,27)(H,26,28). The van der Waals surface area contributed by atoms with Crippen molar-refractivity contribution in [2.24, 2.45) is 0 Å². The Hall–Kier alpha value is -2.34. The van der Waals surface area contributed by atoms with E-state index in [1.807, 2.05) is 18.2 Å². The normalized spacial score (nSPS) is 11.7. The molecule has 5 nitrogen and oxygen atoms in total. The first-order valence-electron chi connectivity index (χ1n) is 9.51. The van der Waals surface area contributed by atoms with Crippen molar-refractivity contribution in [1.82, 2.24) is 10.9 Å². The van der Waals surface area contributed by atoms with E-state index in [1.54, 1.807) is 18.2 Å². The molecule has 0 heterocycles. The largest absolute Gasteiger partial charge is 0.483 e. The van der Waals surface area contributed by atoms with Gasteiger partial charge in [-0.3, -0.25) is 20.4 Å². The van der Waals surface area contributed by atoms with Crippen LogP contribution >= 0.6 is 15.9 Å². The van der Waals surface area contributed by atoms with E-state index < -0.39 is 11.8 Å². The number of halogens is 1. The highest BCUT2D eigenvalue weighted by atomic mass is 79.9. The van der Waals surface area contributed by atoms with Gasteiger partial charge in [-0.05, 0) is 56.1 Å². The topological polar surface area (TPSA) is 67.4 Å². The smallest absolute Gasteiger partial charge is 0.276 e. The van der Waals surface area contributed by atoms with Crippen LogP contribution in [0.25, 0.3) is 0 Å². The van der Waals surface area contributed by atoms with Crippen molar-refractivity contribution in [1.29, 1.82) is 0 Å². The molecule has 0 saturated carbocycles. The second-order valence-electron chi connectivity index (χ2n) is 8.98. The Bertz CT molecular complexity index is 896. The van der Waals surface area contributed by atoms with Crippen LogP contribution in [0.3, 0.4) is 0 Å². The fraction of sp³-hybridized carbons (Fsp3) is 0.391. The molecule has 0 spiro atoms. The fourth-order valence-electron chi connectivity index (χ4n) is 2.73. The van der Waals surface area contributed by atoms with Crippen LogP contribution in [0.1, 0.15) is 63.0 Å². The van der Waals surface area contributed by atoms with Gasteiger partial charge < -0.3 is 4.74 Å². The van der Waals surface area contributed by atoms with Crippen LogP contribution in [0, 0.1) is 0 Å². The summed E-state index contributed by atoms with van der Waals surface area (Å²) in [4.78, 5) is 24.3. The minimum absolute atomic E-state index is 0.0197. The highest BCUT2D eigenvalue weighted by Gasteiger charge is 2.23. The van der Waals surface area contributed by atoms with Crippen molar-refractivity contribution in [3.63, 3.8) is 0 Å². The summed E-state index contributed by atoms with van der Waals surface area (Å²) >= 11 is 3.31. The van der Waals surface area contributed by atoms with Gasteiger partial charge in [-0.25, -0.2) is 0 Å². The van der Waals surface area contributed by atoms with E-state index in [9.17, 15) is 9.59 Å². The number of ether oxygens (including phenoxy) is 1. The average Bonchev–Trinajstić information content (AvgIpc) is 2.63. The van der Waals surface area contributed by atoms with Gasteiger partial charge in [0.2, 0.25) is 0 Å². The van der Waals surface area contributed by atoms with Crippen LogP contribution in [-0.2, 0) is 15.6 Å². The zero-order valence-corrected chi connectivity index (χ0v) is 19.4. The number of carbonyl (C=O) groups excluding carboxylic acids is 2. The lowest BCUT2D eigenvalue weighted by Gasteiger charge is -2.27. The number of benzene rings is 2. The lowest BCUT2D eigenvalue weighted by Crippen LogP contribution is -2.44. The number of carbonyl (C=O) groups is 2. The third-order valence-electron chi connectivity index (χ3n) is 4.45. The van der Waals surface area contributed by atoms with Crippen LogP contribution < -0.4 is 15.6 Å². The van der Waals surface area contributed by atoms with Crippen LogP contribution in [0.15, 0.2) is 46.9 Å². The molecule has 2 aromatic rings. The summed E-state index contributed by atoms with van der Waals surface area (Å²) in [6, 6.07) is 13.1. The van der Waals surface area contributed by atoms with E-state index in [0.717, 1.165) is 5.56 Å². The first kappa shape index (κ1) is 22.9. The van der Waals surface area contributed by atoms with Crippen molar-refractivity contribution >= 4 is 27.7 Å². The summed E-state index contributed by atoms with van der Waals surface area (Å²) in [6.45, 7) is 12.6. The molecule has 2 amide bonds. The van der Waals surface area contributed by atoms with Gasteiger partial charge in [0.25, 0.3) is 11.8 Å². The average molecular weight is 461 g/mol. The Kier molecular flexibility index (Phi) is 7.11. The molecule has 0 aliphatic carbocycles. The lowest BCUT2D eigenvalue weighted by molar-refractivity contribution is -0.123. The highest BCUT2D eigenvalue weighted by molar-refractivity contribution is 9.10. The number of hydrogen-bond donors (Lipinski definition) is 2. The molecule has 0 saturated heterocycles. The predicted molar refractivity (Wildman–Crippen MR) is 119 cm³/mol. The third kappa shape index (κ3) is 6.32. The maximum atomic E-state index is 12.2. The Morgan fingerprint density at radius 1 is 0.931 bits per heavy atom. The van der Waals surface area contributed by atoms with E-state index >= 15 is 0 Å². The molecular weight excluding hydrogens is 432 g/mol. The quantitative estimate of drug-likeness (QED) is 0.638. The van der Waals surface area contributed by atoms with Gasteiger partial charge in [0, 0.05) is 4.47 Å². The van der Waals surface area contributed by atoms with Crippen LogP contribution in [0.5, 0.6) is 5.75 Å². The number of rotatable bonds is 4. The maximum Gasteiger partial charge on any atom is 0.276 e. The first-order chi connectivity index (χ1) is 13.4. The zero-order valence-electron chi connectivity index (χ0n) is 17.9. The Labute approximate surface area is 181 Å². The number of nitrogens with one attached hydrogen (secondary N) is 2.